The average Bonchev–Trinajstić information content (AvgIpc) is 3.09. The van der Waals surface area contributed by atoms with Gasteiger partial charge in [0.05, 0.1) is 6.26 Å². The van der Waals surface area contributed by atoms with Crippen molar-refractivity contribution >= 4 is 5.97 Å². The highest BCUT2D eigenvalue weighted by molar-refractivity contribution is 5.87. The van der Waals surface area contributed by atoms with E-state index in [1.807, 2.05) is 6.92 Å². The number of phenols is 1. The Labute approximate surface area is 119 Å². The molecule has 21 heavy (non-hydrogen) atoms. The van der Waals surface area contributed by atoms with E-state index in [0.29, 0.717) is 17.1 Å². The van der Waals surface area contributed by atoms with Gasteiger partial charge in [-0.1, -0.05) is 6.07 Å². The number of phenolic OH excluding ortho intramolecular Hbond substituents is 1. The number of aryl methyl sites for hydroxylation is 1. The lowest BCUT2D eigenvalue weighted by molar-refractivity contribution is 0.0690. The molecule has 0 amide bonds. The summed E-state index contributed by atoms with van der Waals surface area (Å²) in [6.07, 6.45) is 1.49. The first-order valence-corrected chi connectivity index (χ1v) is 6.23. The van der Waals surface area contributed by atoms with Gasteiger partial charge in [0.1, 0.15) is 17.1 Å². The summed E-state index contributed by atoms with van der Waals surface area (Å²) in [6.45, 7) is 1.87. The Hall–Kier alpha value is -3.02. The van der Waals surface area contributed by atoms with Gasteiger partial charge < -0.3 is 14.6 Å². The Balaban J connectivity index is 2.26. The highest BCUT2D eigenvalue weighted by Gasteiger charge is 2.19. The van der Waals surface area contributed by atoms with Crippen LogP contribution in [0.5, 0.6) is 5.75 Å². The lowest BCUT2D eigenvalue weighted by atomic mass is 10.2. The summed E-state index contributed by atoms with van der Waals surface area (Å²) in [6, 6.07) is 9.82. The van der Waals surface area contributed by atoms with Gasteiger partial charge in [0.25, 0.3) is 0 Å². The van der Waals surface area contributed by atoms with E-state index in [1.165, 1.54) is 17.0 Å². The Morgan fingerprint density at radius 3 is 2.76 bits per heavy atom. The number of hydrogen-bond donors (Lipinski definition) is 2. The first-order chi connectivity index (χ1) is 10.1. The minimum atomic E-state index is -1.14. The van der Waals surface area contributed by atoms with Crippen molar-refractivity contribution in [1.82, 2.24) is 9.78 Å². The molecule has 6 nitrogen and oxygen atoms in total. The smallest absolute Gasteiger partial charge is 0.356 e. The molecule has 6 heteroatoms. The van der Waals surface area contributed by atoms with Crippen LogP contribution < -0.4 is 0 Å². The van der Waals surface area contributed by atoms with Crippen LogP contribution in [0.4, 0.5) is 0 Å². The zero-order valence-electron chi connectivity index (χ0n) is 11.1. The molecule has 0 aliphatic rings. The number of carbonyl (C=O) groups is 1. The summed E-state index contributed by atoms with van der Waals surface area (Å²) in [4.78, 5) is 11.2. The van der Waals surface area contributed by atoms with E-state index in [9.17, 15) is 9.90 Å². The largest absolute Gasteiger partial charge is 0.506 e. The Morgan fingerprint density at radius 1 is 1.29 bits per heavy atom. The van der Waals surface area contributed by atoms with Gasteiger partial charge in [0.2, 0.25) is 0 Å². The summed E-state index contributed by atoms with van der Waals surface area (Å²) < 4.78 is 6.68. The maximum Gasteiger partial charge on any atom is 0.356 e. The van der Waals surface area contributed by atoms with Crippen LogP contribution in [-0.2, 0) is 0 Å². The SMILES string of the molecule is Cc1ccc(O)c(-n2nc(C(=O)O)cc2-c2ccco2)c1. The molecule has 0 atom stereocenters. The van der Waals surface area contributed by atoms with E-state index in [2.05, 4.69) is 5.10 Å². The van der Waals surface area contributed by atoms with Crippen LogP contribution in [0, 0.1) is 6.92 Å². The molecule has 2 N–H and O–H groups in total. The third-order valence-corrected chi connectivity index (χ3v) is 3.06. The molecule has 0 spiro atoms. The minimum absolute atomic E-state index is 0.00782. The van der Waals surface area contributed by atoms with Crippen molar-refractivity contribution in [2.24, 2.45) is 0 Å². The molecule has 0 unspecified atom stereocenters. The van der Waals surface area contributed by atoms with Crippen molar-refractivity contribution in [2.45, 2.75) is 6.92 Å². The number of aromatic hydroxyl groups is 1. The molecule has 0 fully saturated rings. The number of rotatable bonds is 3. The molecule has 0 radical (unpaired) electrons. The summed E-state index contributed by atoms with van der Waals surface area (Å²) >= 11 is 0. The predicted octanol–water partition coefficient (Wildman–Crippen LogP) is 2.84. The Kier molecular flexibility index (Phi) is 2.98. The zero-order chi connectivity index (χ0) is 15.0. The standard InChI is InChI=1S/C15H12N2O4/c1-9-4-5-13(18)11(7-9)17-12(14-3-2-6-21-14)8-10(16-17)15(19)20/h2-8,18H,1H3,(H,19,20). The fraction of sp³-hybridized carbons (Fsp3) is 0.0667. The number of hydrogen-bond acceptors (Lipinski definition) is 4. The number of carboxylic acid groups (broad SMARTS) is 1. The van der Waals surface area contributed by atoms with Crippen molar-refractivity contribution in [1.29, 1.82) is 0 Å². The van der Waals surface area contributed by atoms with E-state index < -0.39 is 5.97 Å². The van der Waals surface area contributed by atoms with E-state index in [1.54, 1.807) is 30.3 Å². The van der Waals surface area contributed by atoms with Crippen LogP contribution in [-0.4, -0.2) is 26.0 Å². The molecule has 0 bridgehead atoms. The van der Waals surface area contributed by atoms with E-state index >= 15 is 0 Å². The number of carboxylic acids is 1. The van der Waals surface area contributed by atoms with E-state index in [0.717, 1.165) is 5.56 Å². The highest BCUT2D eigenvalue weighted by atomic mass is 16.4. The molecule has 3 aromatic rings. The lowest BCUT2D eigenvalue weighted by Crippen LogP contribution is -2.02. The molecule has 3 rings (SSSR count). The molecular weight excluding hydrogens is 272 g/mol. The maximum absolute atomic E-state index is 11.2. The summed E-state index contributed by atoms with van der Waals surface area (Å²) in [5, 5.41) is 23.2. The summed E-state index contributed by atoms with van der Waals surface area (Å²) in [5.41, 5.74) is 1.65. The molecule has 0 aliphatic carbocycles. The van der Waals surface area contributed by atoms with Gasteiger partial charge in [0.15, 0.2) is 11.5 Å². The van der Waals surface area contributed by atoms with Crippen molar-refractivity contribution in [2.75, 3.05) is 0 Å². The van der Waals surface area contributed by atoms with Gasteiger partial charge >= 0.3 is 5.97 Å². The lowest BCUT2D eigenvalue weighted by Gasteiger charge is -2.08. The van der Waals surface area contributed by atoms with Crippen molar-refractivity contribution in [3.8, 4) is 22.9 Å². The fourth-order valence-corrected chi connectivity index (χ4v) is 2.07. The van der Waals surface area contributed by atoms with Gasteiger partial charge in [-0.2, -0.15) is 5.10 Å². The first-order valence-electron chi connectivity index (χ1n) is 6.23. The second-order valence-corrected chi connectivity index (χ2v) is 4.60. The quantitative estimate of drug-likeness (QED) is 0.772. The van der Waals surface area contributed by atoms with Crippen LogP contribution in [0.2, 0.25) is 0 Å². The van der Waals surface area contributed by atoms with Crippen LogP contribution in [0.1, 0.15) is 16.1 Å². The van der Waals surface area contributed by atoms with Crippen molar-refractivity contribution in [3.05, 3.63) is 53.9 Å². The molecule has 106 valence electrons. The monoisotopic (exact) mass is 284 g/mol. The molecule has 0 aliphatic heterocycles. The number of furan rings is 1. The number of aromatic nitrogens is 2. The van der Waals surface area contributed by atoms with E-state index in [-0.39, 0.29) is 11.4 Å². The van der Waals surface area contributed by atoms with Crippen LogP contribution in [0.3, 0.4) is 0 Å². The minimum Gasteiger partial charge on any atom is -0.506 e. The van der Waals surface area contributed by atoms with Crippen molar-refractivity contribution < 1.29 is 19.4 Å². The second-order valence-electron chi connectivity index (χ2n) is 4.60. The van der Waals surface area contributed by atoms with E-state index in [4.69, 9.17) is 9.52 Å². The topological polar surface area (TPSA) is 88.5 Å². The molecule has 0 saturated heterocycles. The third kappa shape index (κ3) is 2.27. The third-order valence-electron chi connectivity index (χ3n) is 3.06. The molecule has 2 heterocycles. The number of benzene rings is 1. The van der Waals surface area contributed by atoms with Gasteiger partial charge in [0, 0.05) is 6.07 Å². The second kappa shape index (κ2) is 4.82. The Morgan fingerprint density at radius 2 is 2.10 bits per heavy atom. The van der Waals surface area contributed by atoms with Gasteiger partial charge in [-0.05, 0) is 36.8 Å². The van der Waals surface area contributed by atoms with Gasteiger partial charge in [-0.3, -0.25) is 0 Å². The average molecular weight is 284 g/mol. The van der Waals surface area contributed by atoms with Crippen LogP contribution in [0.25, 0.3) is 17.1 Å². The normalized spacial score (nSPS) is 10.7. The highest BCUT2D eigenvalue weighted by Crippen LogP contribution is 2.29. The summed E-state index contributed by atoms with van der Waals surface area (Å²) in [7, 11) is 0. The zero-order valence-corrected chi connectivity index (χ0v) is 11.1. The predicted molar refractivity (Wildman–Crippen MR) is 74.6 cm³/mol. The molecule has 1 aromatic carbocycles. The van der Waals surface area contributed by atoms with Gasteiger partial charge in [-0.15, -0.1) is 0 Å². The van der Waals surface area contributed by atoms with Crippen LogP contribution in [0.15, 0.2) is 47.1 Å². The number of aromatic carboxylic acids is 1. The fourth-order valence-electron chi connectivity index (χ4n) is 2.07. The molecular formula is C15H12N2O4. The van der Waals surface area contributed by atoms with Crippen LogP contribution >= 0.6 is 0 Å². The molecule has 0 saturated carbocycles. The maximum atomic E-state index is 11.2. The summed E-state index contributed by atoms with van der Waals surface area (Å²) in [5.74, 6) is -0.668. The first kappa shape index (κ1) is 13.0. The number of nitrogens with zero attached hydrogens (tertiary/aromatic N) is 2. The van der Waals surface area contributed by atoms with Gasteiger partial charge in [-0.25, -0.2) is 9.48 Å². The van der Waals surface area contributed by atoms with Crippen molar-refractivity contribution in [3.63, 3.8) is 0 Å². The molecule has 2 aromatic heterocycles. The Bertz CT molecular complexity index is 803.